The van der Waals surface area contributed by atoms with Crippen molar-refractivity contribution in [2.75, 3.05) is 24.2 Å². The Balaban J connectivity index is 2.01. The second-order valence-corrected chi connectivity index (χ2v) is 9.03. The summed E-state index contributed by atoms with van der Waals surface area (Å²) in [6.45, 7) is 7.17. The van der Waals surface area contributed by atoms with Gasteiger partial charge in [-0.2, -0.15) is 0 Å². The second-order valence-electron chi connectivity index (χ2n) is 7.54. The van der Waals surface area contributed by atoms with Crippen molar-refractivity contribution in [1.29, 1.82) is 0 Å². The fourth-order valence-electron chi connectivity index (χ4n) is 2.25. The molecule has 0 radical (unpaired) electrons. The first-order chi connectivity index (χ1) is 13.0. The van der Waals surface area contributed by atoms with Crippen LogP contribution in [0.4, 0.5) is 10.7 Å². The van der Waals surface area contributed by atoms with Crippen molar-refractivity contribution >= 4 is 51.3 Å². The summed E-state index contributed by atoms with van der Waals surface area (Å²) < 4.78 is 0. The van der Waals surface area contributed by atoms with Gasteiger partial charge in [0.25, 0.3) is 5.91 Å². The molecule has 0 aliphatic carbocycles. The smallest absolute Gasteiger partial charge is 0.264 e. The zero-order chi connectivity index (χ0) is 21.1. The van der Waals surface area contributed by atoms with E-state index in [9.17, 15) is 14.4 Å². The van der Waals surface area contributed by atoms with E-state index in [0.29, 0.717) is 20.6 Å². The lowest BCUT2D eigenvalue weighted by Crippen LogP contribution is -2.34. The van der Waals surface area contributed by atoms with Gasteiger partial charge in [0.15, 0.2) is 0 Å². The number of aryl methyl sites for hydroxylation is 1. The molecule has 3 amide bonds. The molecule has 1 aromatic heterocycles. The third kappa shape index (κ3) is 5.81. The highest BCUT2D eigenvalue weighted by Crippen LogP contribution is 2.29. The normalized spacial score (nSPS) is 11.1. The maximum atomic E-state index is 12.7. The molecule has 0 aliphatic heterocycles. The maximum absolute atomic E-state index is 12.7. The molecule has 2 aromatic rings. The SMILES string of the molecule is Cc1cc(NC(=O)C(C)(C)C)sc1C(=O)N(C)CC(=O)Nc1ccc(Cl)cc1. The highest BCUT2D eigenvalue weighted by atomic mass is 35.5. The van der Waals surface area contributed by atoms with Gasteiger partial charge in [-0.1, -0.05) is 32.4 Å². The molecular weight excluding hydrogens is 398 g/mol. The number of carbonyl (C=O) groups is 3. The molecular formula is C20H24ClN3O3S. The molecule has 150 valence electrons. The van der Waals surface area contributed by atoms with Gasteiger partial charge in [0.2, 0.25) is 11.8 Å². The van der Waals surface area contributed by atoms with E-state index in [4.69, 9.17) is 11.6 Å². The molecule has 6 nitrogen and oxygen atoms in total. The fourth-order valence-corrected chi connectivity index (χ4v) is 3.44. The number of carbonyl (C=O) groups excluding carboxylic acids is 3. The Hall–Kier alpha value is -2.38. The van der Waals surface area contributed by atoms with E-state index in [2.05, 4.69) is 10.6 Å². The van der Waals surface area contributed by atoms with Gasteiger partial charge in [0, 0.05) is 23.2 Å². The number of halogens is 1. The van der Waals surface area contributed by atoms with E-state index < -0.39 is 5.41 Å². The Kier molecular flexibility index (Phi) is 6.85. The first-order valence-corrected chi connectivity index (χ1v) is 9.89. The van der Waals surface area contributed by atoms with Gasteiger partial charge in [0.05, 0.1) is 16.4 Å². The van der Waals surface area contributed by atoms with Gasteiger partial charge in [-0.05, 0) is 42.8 Å². The van der Waals surface area contributed by atoms with Crippen LogP contribution in [-0.2, 0) is 9.59 Å². The summed E-state index contributed by atoms with van der Waals surface area (Å²) >= 11 is 7.03. The number of likely N-dealkylation sites (N-methyl/N-ethyl adjacent to an activating group) is 1. The molecule has 2 rings (SSSR count). The lowest BCUT2D eigenvalue weighted by molar-refractivity contribution is -0.123. The summed E-state index contributed by atoms with van der Waals surface area (Å²) in [5.74, 6) is -0.706. The first-order valence-electron chi connectivity index (χ1n) is 8.70. The van der Waals surface area contributed by atoms with E-state index in [1.807, 2.05) is 20.8 Å². The third-order valence-corrected chi connectivity index (χ3v) is 5.28. The molecule has 0 bridgehead atoms. The van der Waals surface area contributed by atoms with Crippen molar-refractivity contribution in [3.05, 3.63) is 45.8 Å². The van der Waals surface area contributed by atoms with Gasteiger partial charge in [-0.25, -0.2) is 0 Å². The minimum absolute atomic E-state index is 0.0948. The van der Waals surface area contributed by atoms with Crippen molar-refractivity contribution in [2.45, 2.75) is 27.7 Å². The molecule has 0 aliphatic rings. The lowest BCUT2D eigenvalue weighted by atomic mass is 9.96. The average Bonchev–Trinajstić information content (AvgIpc) is 2.95. The second kappa shape index (κ2) is 8.75. The van der Waals surface area contributed by atoms with Gasteiger partial charge in [-0.15, -0.1) is 11.3 Å². The largest absolute Gasteiger partial charge is 0.332 e. The number of hydrogen-bond acceptors (Lipinski definition) is 4. The van der Waals surface area contributed by atoms with Crippen LogP contribution < -0.4 is 10.6 Å². The molecule has 1 aromatic carbocycles. The Morgan fingerprint density at radius 1 is 1.11 bits per heavy atom. The quantitative estimate of drug-likeness (QED) is 0.750. The Labute approximate surface area is 173 Å². The summed E-state index contributed by atoms with van der Waals surface area (Å²) in [6, 6.07) is 8.50. The lowest BCUT2D eigenvalue weighted by Gasteiger charge is -2.17. The number of benzene rings is 1. The van der Waals surface area contributed by atoms with Crippen LogP contribution in [0, 0.1) is 12.3 Å². The van der Waals surface area contributed by atoms with Crippen molar-refractivity contribution in [3.63, 3.8) is 0 Å². The Morgan fingerprint density at radius 2 is 1.71 bits per heavy atom. The van der Waals surface area contributed by atoms with E-state index in [1.165, 1.54) is 16.2 Å². The van der Waals surface area contributed by atoms with Crippen LogP contribution in [0.2, 0.25) is 5.02 Å². The number of rotatable bonds is 5. The van der Waals surface area contributed by atoms with E-state index in [-0.39, 0.29) is 24.3 Å². The summed E-state index contributed by atoms with van der Waals surface area (Å²) in [4.78, 5) is 38.9. The molecule has 1 heterocycles. The molecule has 28 heavy (non-hydrogen) atoms. The topological polar surface area (TPSA) is 78.5 Å². The molecule has 0 saturated carbocycles. The van der Waals surface area contributed by atoms with Gasteiger partial charge < -0.3 is 15.5 Å². The number of thiophene rings is 1. The first kappa shape index (κ1) is 21.9. The predicted octanol–water partition coefficient (Wildman–Crippen LogP) is 4.41. The third-order valence-electron chi connectivity index (χ3n) is 3.89. The molecule has 0 saturated heterocycles. The number of anilines is 2. The molecule has 0 unspecified atom stereocenters. The van der Waals surface area contributed by atoms with E-state index in [0.717, 1.165) is 5.56 Å². The molecule has 0 spiro atoms. The highest BCUT2D eigenvalue weighted by Gasteiger charge is 2.24. The summed E-state index contributed by atoms with van der Waals surface area (Å²) in [7, 11) is 1.57. The van der Waals surface area contributed by atoms with E-state index >= 15 is 0 Å². The number of nitrogens with one attached hydrogen (secondary N) is 2. The minimum Gasteiger partial charge on any atom is -0.332 e. The summed E-state index contributed by atoms with van der Waals surface area (Å²) in [5, 5.41) is 6.75. The monoisotopic (exact) mass is 421 g/mol. The molecule has 0 atom stereocenters. The highest BCUT2D eigenvalue weighted by molar-refractivity contribution is 7.18. The van der Waals surface area contributed by atoms with Crippen molar-refractivity contribution in [1.82, 2.24) is 4.90 Å². The van der Waals surface area contributed by atoms with Gasteiger partial charge in [0.1, 0.15) is 0 Å². The standard InChI is InChI=1S/C20H24ClN3O3S/c1-12-10-16(23-19(27)20(2,3)4)28-17(12)18(26)24(5)11-15(25)22-14-8-6-13(21)7-9-14/h6-10H,11H2,1-5H3,(H,22,25)(H,23,27). The average molecular weight is 422 g/mol. The van der Waals surface area contributed by atoms with Crippen LogP contribution >= 0.6 is 22.9 Å². The van der Waals surface area contributed by atoms with Crippen molar-refractivity contribution in [2.24, 2.45) is 5.41 Å². The summed E-state index contributed by atoms with van der Waals surface area (Å²) in [6.07, 6.45) is 0. The minimum atomic E-state index is -0.529. The van der Waals surface area contributed by atoms with Gasteiger partial charge in [-0.3, -0.25) is 14.4 Å². The van der Waals surface area contributed by atoms with E-state index in [1.54, 1.807) is 44.3 Å². The van der Waals surface area contributed by atoms with Crippen LogP contribution in [-0.4, -0.2) is 36.2 Å². The van der Waals surface area contributed by atoms with Crippen LogP contribution in [0.5, 0.6) is 0 Å². The van der Waals surface area contributed by atoms with Crippen molar-refractivity contribution in [3.8, 4) is 0 Å². The zero-order valence-corrected chi connectivity index (χ0v) is 18.1. The predicted molar refractivity (Wildman–Crippen MR) is 114 cm³/mol. The Bertz CT molecular complexity index is 885. The molecule has 0 fully saturated rings. The number of hydrogen-bond donors (Lipinski definition) is 2. The number of amides is 3. The molecule has 8 heteroatoms. The number of nitrogens with zero attached hydrogens (tertiary/aromatic N) is 1. The zero-order valence-electron chi connectivity index (χ0n) is 16.6. The van der Waals surface area contributed by atoms with Crippen LogP contribution in [0.15, 0.2) is 30.3 Å². The maximum Gasteiger partial charge on any atom is 0.264 e. The van der Waals surface area contributed by atoms with Crippen LogP contribution in [0.1, 0.15) is 36.0 Å². The summed E-state index contributed by atoms with van der Waals surface area (Å²) in [5.41, 5.74) is 0.831. The van der Waals surface area contributed by atoms with Crippen LogP contribution in [0.25, 0.3) is 0 Å². The fraction of sp³-hybridized carbons (Fsp3) is 0.350. The van der Waals surface area contributed by atoms with Crippen molar-refractivity contribution < 1.29 is 14.4 Å². The molecule has 2 N–H and O–H groups in total. The van der Waals surface area contributed by atoms with Gasteiger partial charge >= 0.3 is 0 Å². The Morgan fingerprint density at radius 3 is 2.29 bits per heavy atom. The van der Waals surface area contributed by atoms with Crippen LogP contribution in [0.3, 0.4) is 0 Å².